The molecule has 1 heterocycles. The zero-order valence-electron chi connectivity index (χ0n) is 9.93. The van der Waals surface area contributed by atoms with Crippen molar-refractivity contribution < 1.29 is 19.4 Å². The average Bonchev–Trinajstić information content (AvgIpc) is 2.68. The van der Waals surface area contributed by atoms with Gasteiger partial charge < -0.3 is 15.6 Å². The third-order valence-electron chi connectivity index (χ3n) is 2.76. The third kappa shape index (κ3) is 6.23. The van der Waals surface area contributed by atoms with Crippen molar-refractivity contribution in [3.63, 3.8) is 0 Å². The van der Waals surface area contributed by atoms with Crippen LogP contribution in [-0.4, -0.2) is 54.2 Å². The summed E-state index contributed by atoms with van der Waals surface area (Å²) < 4.78 is 5.47. The molecule has 6 nitrogen and oxygen atoms in total. The fourth-order valence-corrected chi connectivity index (χ4v) is 2.04. The van der Waals surface area contributed by atoms with E-state index >= 15 is 0 Å². The Morgan fingerprint density at radius 1 is 1.41 bits per heavy atom. The van der Waals surface area contributed by atoms with Crippen molar-refractivity contribution in [3.8, 4) is 0 Å². The highest BCUT2D eigenvalue weighted by Crippen LogP contribution is 2.16. The summed E-state index contributed by atoms with van der Waals surface area (Å²) in [6.07, 6.45) is 4.22. The van der Waals surface area contributed by atoms with Crippen LogP contribution in [0.4, 0.5) is 0 Å². The van der Waals surface area contributed by atoms with E-state index < -0.39 is 11.9 Å². The van der Waals surface area contributed by atoms with E-state index in [4.69, 9.17) is 15.6 Å². The normalized spacial score (nSPS) is 19.7. The molecular formula is C11H20N2O4. The van der Waals surface area contributed by atoms with E-state index in [9.17, 15) is 9.59 Å². The Bertz CT molecular complexity index is 248. The first-order valence-electron chi connectivity index (χ1n) is 5.92. The predicted octanol–water partition coefficient (Wildman–Crippen LogP) is -0.182. The van der Waals surface area contributed by atoms with E-state index in [1.807, 2.05) is 0 Å². The molecule has 0 spiro atoms. The van der Waals surface area contributed by atoms with Crippen molar-refractivity contribution in [1.29, 1.82) is 0 Å². The standard InChI is InChI=1S/C11H20N2O4/c12-10(14)7-13(8-11(15)16)5-1-3-9-4-2-6-17-9/h9H,1-8H2,(H2,12,14)(H,15,16). The minimum absolute atomic E-state index is 0.00216. The zero-order chi connectivity index (χ0) is 12.7. The van der Waals surface area contributed by atoms with Gasteiger partial charge in [0.15, 0.2) is 0 Å². The molecule has 1 atom stereocenters. The van der Waals surface area contributed by atoms with E-state index in [-0.39, 0.29) is 13.1 Å². The third-order valence-corrected chi connectivity index (χ3v) is 2.76. The van der Waals surface area contributed by atoms with Crippen LogP contribution in [0.15, 0.2) is 0 Å². The van der Waals surface area contributed by atoms with Crippen molar-refractivity contribution in [2.24, 2.45) is 5.73 Å². The summed E-state index contributed by atoms with van der Waals surface area (Å²) in [6.45, 7) is 1.24. The number of primary amides is 1. The number of nitrogens with two attached hydrogens (primary N) is 1. The maximum atomic E-state index is 10.8. The fraction of sp³-hybridized carbons (Fsp3) is 0.818. The SMILES string of the molecule is NC(=O)CN(CCCC1CCCO1)CC(=O)O. The molecule has 0 saturated carbocycles. The summed E-state index contributed by atoms with van der Waals surface area (Å²) in [7, 11) is 0. The van der Waals surface area contributed by atoms with E-state index in [2.05, 4.69) is 0 Å². The second kappa shape index (κ2) is 7.24. The van der Waals surface area contributed by atoms with Crippen LogP contribution in [0, 0.1) is 0 Å². The Labute approximate surface area is 101 Å². The lowest BCUT2D eigenvalue weighted by Crippen LogP contribution is -2.38. The molecular weight excluding hydrogens is 224 g/mol. The monoisotopic (exact) mass is 244 g/mol. The number of aliphatic carboxylic acids is 1. The summed E-state index contributed by atoms with van der Waals surface area (Å²) in [4.78, 5) is 22.9. The van der Waals surface area contributed by atoms with Crippen LogP contribution in [0.25, 0.3) is 0 Å². The Morgan fingerprint density at radius 2 is 2.18 bits per heavy atom. The van der Waals surface area contributed by atoms with Gasteiger partial charge in [-0.1, -0.05) is 0 Å². The van der Waals surface area contributed by atoms with Gasteiger partial charge in [-0.15, -0.1) is 0 Å². The average molecular weight is 244 g/mol. The largest absolute Gasteiger partial charge is 0.480 e. The number of carbonyl (C=O) groups excluding carboxylic acids is 1. The van der Waals surface area contributed by atoms with E-state index in [1.165, 1.54) is 0 Å². The van der Waals surface area contributed by atoms with Crippen LogP contribution in [0.3, 0.4) is 0 Å². The molecule has 6 heteroatoms. The van der Waals surface area contributed by atoms with Crippen LogP contribution < -0.4 is 5.73 Å². The molecule has 1 fully saturated rings. The molecule has 0 aliphatic carbocycles. The number of carboxylic acids is 1. The maximum Gasteiger partial charge on any atom is 0.317 e. The van der Waals surface area contributed by atoms with Crippen molar-refractivity contribution in [3.05, 3.63) is 0 Å². The van der Waals surface area contributed by atoms with Crippen molar-refractivity contribution in [2.45, 2.75) is 31.8 Å². The number of rotatable bonds is 8. The Morgan fingerprint density at radius 3 is 2.71 bits per heavy atom. The van der Waals surface area contributed by atoms with Crippen LogP contribution in [0.5, 0.6) is 0 Å². The first-order valence-corrected chi connectivity index (χ1v) is 5.92. The summed E-state index contributed by atoms with van der Waals surface area (Å²) in [5.74, 6) is -1.44. The van der Waals surface area contributed by atoms with Gasteiger partial charge in [-0.2, -0.15) is 0 Å². The molecule has 0 aromatic rings. The Hall–Kier alpha value is -1.14. The first-order chi connectivity index (χ1) is 8.08. The van der Waals surface area contributed by atoms with Gasteiger partial charge in [0.1, 0.15) is 0 Å². The minimum Gasteiger partial charge on any atom is -0.480 e. The molecule has 0 aromatic heterocycles. The topological polar surface area (TPSA) is 92.9 Å². The number of carboxylic acid groups (broad SMARTS) is 1. The maximum absolute atomic E-state index is 10.8. The van der Waals surface area contributed by atoms with Gasteiger partial charge in [0, 0.05) is 6.61 Å². The molecule has 1 saturated heterocycles. The zero-order valence-corrected chi connectivity index (χ0v) is 9.93. The number of hydrogen-bond acceptors (Lipinski definition) is 4. The molecule has 17 heavy (non-hydrogen) atoms. The molecule has 3 N–H and O–H groups in total. The second-order valence-electron chi connectivity index (χ2n) is 4.35. The lowest BCUT2D eigenvalue weighted by molar-refractivity contribution is -0.138. The first kappa shape index (κ1) is 13.9. The number of amides is 1. The summed E-state index contributed by atoms with van der Waals surface area (Å²) >= 11 is 0. The van der Waals surface area contributed by atoms with Crippen molar-refractivity contribution in [2.75, 3.05) is 26.2 Å². The summed E-state index contributed by atoms with van der Waals surface area (Å²) in [5, 5.41) is 8.69. The highest BCUT2D eigenvalue weighted by Gasteiger charge is 2.17. The van der Waals surface area contributed by atoms with E-state index in [0.717, 1.165) is 32.3 Å². The second-order valence-corrected chi connectivity index (χ2v) is 4.35. The van der Waals surface area contributed by atoms with Crippen molar-refractivity contribution >= 4 is 11.9 Å². The number of nitrogens with zero attached hydrogens (tertiary/aromatic N) is 1. The highest BCUT2D eigenvalue weighted by atomic mass is 16.5. The van der Waals surface area contributed by atoms with Crippen LogP contribution in [0.1, 0.15) is 25.7 Å². The molecule has 0 radical (unpaired) electrons. The van der Waals surface area contributed by atoms with Gasteiger partial charge >= 0.3 is 5.97 Å². The van der Waals surface area contributed by atoms with Crippen LogP contribution >= 0.6 is 0 Å². The molecule has 0 bridgehead atoms. The molecule has 1 aliphatic heterocycles. The quantitative estimate of drug-likeness (QED) is 0.617. The lowest BCUT2D eigenvalue weighted by atomic mass is 10.1. The number of ether oxygens (including phenoxy) is 1. The molecule has 98 valence electrons. The number of hydrogen-bond donors (Lipinski definition) is 2. The minimum atomic E-state index is -0.941. The summed E-state index contributed by atoms with van der Waals surface area (Å²) in [5.41, 5.74) is 5.06. The highest BCUT2D eigenvalue weighted by molar-refractivity contribution is 5.77. The van der Waals surface area contributed by atoms with Gasteiger partial charge in [0.25, 0.3) is 0 Å². The van der Waals surface area contributed by atoms with Gasteiger partial charge in [0.2, 0.25) is 5.91 Å². The van der Waals surface area contributed by atoms with Gasteiger partial charge in [0.05, 0.1) is 19.2 Å². The molecule has 0 aromatic carbocycles. The molecule has 1 rings (SSSR count). The lowest BCUT2D eigenvalue weighted by Gasteiger charge is -2.19. The summed E-state index contributed by atoms with van der Waals surface area (Å²) in [6, 6.07) is 0. The van der Waals surface area contributed by atoms with E-state index in [1.54, 1.807) is 4.90 Å². The molecule has 1 amide bonds. The smallest absolute Gasteiger partial charge is 0.317 e. The Kier molecular flexibility index (Phi) is 5.93. The fourth-order valence-electron chi connectivity index (χ4n) is 2.04. The predicted molar refractivity (Wildman–Crippen MR) is 61.5 cm³/mol. The van der Waals surface area contributed by atoms with Crippen molar-refractivity contribution in [1.82, 2.24) is 4.90 Å². The Balaban J connectivity index is 2.21. The molecule has 1 unspecified atom stereocenters. The van der Waals surface area contributed by atoms with Gasteiger partial charge in [-0.05, 0) is 32.2 Å². The van der Waals surface area contributed by atoms with Crippen LogP contribution in [-0.2, 0) is 14.3 Å². The van der Waals surface area contributed by atoms with Crippen LogP contribution in [0.2, 0.25) is 0 Å². The number of carbonyl (C=O) groups is 2. The van der Waals surface area contributed by atoms with Gasteiger partial charge in [-0.3, -0.25) is 14.5 Å². The molecule has 1 aliphatic rings. The van der Waals surface area contributed by atoms with E-state index in [0.29, 0.717) is 12.6 Å². The van der Waals surface area contributed by atoms with Gasteiger partial charge in [-0.25, -0.2) is 0 Å².